The Hall–Kier alpha value is -2.02. The maximum atomic E-state index is 12.6. The van der Waals surface area contributed by atoms with E-state index in [2.05, 4.69) is 9.97 Å². The van der Waals surface area contributed by atoms with Gasteiger partial charge in [-0.3, -0.25) is 4.79 Å². The first-order valence-corrected chi connectivity index (χ1v) is 8.47. The molecule has 1 amide bonds. The van der Waals surface area contributed by atoms with Crippen molar-refractivity contribution in [1.82, 2.24) is 14.9 Å². The van der Waals surface area contributed by atoms with Gasteiger partial charge in [0.25, 0.3) is 5.91 Å². The number of nitrogens with zero attached hydrogens (tertiary/aromatic N) is 3. The third-order valence-corrected chi connectivity index (χ3v) is 5.57. The molecule has 1 atom stereocenters. The third-order valence-electron chi connectivity index (χ3n) is 3.82. The molecule has 0 bridgehead atoms. The standard InChI is InChI=1S/C14H15N3O3S/c1-17(10-6-7-21(19,20)8-10)14(18)13-11-4-2-3-5-12(11)15-9-16-13/h2-5,9-10H,6-8H2,1H3. The summed E-state index contributed by atoms with van der Waals surface area (Å²) >= 11 is 0. The van der Waals surface area contributed by atoms with Gasteiger partial charge in [0.15, 0.2) is 9.84 Å². The third kappa shape index (κ3) is 2.61. The molecule has 6 nitrogen and oxygen atoms in total. The number of rotatable bonds is 2. The van der Waals surface area contributed by atoms with E-state index < -0.39 is 9.84 Å². The molecular weight excluding hydrogens is 290 g/mol. The van der Waals surface area contributed by atoms with E-state index in [1.807, 2.05) is 18.2 Å². The minimum Gasteiger partial charge on any atom is -0.336 e. The zero-order chi connectivity index (χ0) is 15.0. The number of benzene rings is 1. The van der Waals surface area contributed by atoms with E-state index in [1.54, 1.807) is 13.1 Å². The molecule has 0 spiro atoms. The molecule has 0 saturated carbocycles. The Morgan fingerprint density at radius 3 is 2.76 bits per heavy atom. The summed E-state index contributed by atoms with van der Waals surface area (Å²) in [5.74, 6) is -0.103. The number of sulfone groups is 1. The van der Waals surface area contributed by atoms with E-state index in [9.17, 15) is 13.2 Å². The Bertz CT molecular complexity index is 799. The summed E-state index contributed by atoms with van der Waals surface area (Å²) in [5.41, 5.74) is 1.01. The number of amides is 1. The molecule has 21 heavy (non-hydrogen) atoms. The second-order valence-corrected chi connectivity index (χ2v) is 7.44. The van der Waals surface area contributed by atoms with Crippen LogP contribution < -0.4 is 0 Å². The molecule has 1 unspecified atom stereocenters. The van der Waals surface area contributed by atoms with E-state index in [-0.39, 0.29) is 23.5 Å². The van der Waals surface area contributed by atoms with Crippen LogP contribution in [0, 0.1) is 0 Å². The fourth-order valence-corrected chi connectivity index (χ4v) is 4.36. The second-order valence-electron chi connectivity index (χ2n) is 5.21. The minimum absolute atomic E-state index is 0.0260. The van der Waals surface area contributed by atoms with Gasteiger partial charge in [-0.2, -0.15) is 0 Å². The first kappa shape index (κ1) is 13.9. The highest BCUT2D eigenvalue weighted by Crippen LogP contribution is 2.20. The first-order chi connectivity index (χ1) is 9.98. The number of carbonyl (C=O) groups is 1. The summed E-state index contributed by atoms with van der Waals surface area (Å²) in [6.07, 6.45) is 1.84. The number of aromatic nitrogens is 2. The van der Waals surface area contributed by atoms with Gasteiger partial charge in [0.1, 0.15) is 12.0 Å². The number of carbonyl (C=O) groups excluding carboxylic acids is 1. The van der Waals surface area contributed by atoms with Crippen molar-refractivity contribution in [3.63, 3.8) is 0 Å². The monoisotopic (exact) mass is 305 g/mol. The van der Waals surface area contributed by atoms with Crippen LogP contribution in [0.1, 0.15) is 16.9 Å². The van der Waals surface area contributed by atoms with Gasteiger partial charge < -0.3 is 4.90 Å². The maximum absolute atomic E-state index is 12.6. The summed E-state index contributed by atoms with van der Waals surface area (Å²) in [6, 6.07) is 6.99. The predicted octanol–water partition coefficient (Wildman–Crippen LogP) is 0.889. The van der Waals surface area contributed by atoms with Crippen LogP contribution in [0.4, 0.5) is 0 Å². The number of hydrogen-bond acceptors (Lipinski definition) is 5. The van der Waals surface area contributed by atoms with Gasteiger partial charge in [0, 0.05) is 18.5 Å². The van der Waals surface area contributed by atoms with E-state index in [0.717, 1.165) is 0 Å². The Morgan fingerprint density at radius 2 is 2.05 bits per heavy atom. The minimum atomic E-state index is -3.03. The van der Waals surface area contributed by atoms with Crippen molar-refractivity contribution in [2.75, 3.05) is 18.6 Å². The molecule has 0 N–H and O–H groups in total. The summed E-state index contributed by atoms with van der Waals surface area (Å²) in [6.45, 7) is 0. The lowest BCUT2D eigenvalue weighted by atomic mass is 10.1. The zero-order valence-corrected chi connectivity index (χ0v) is 12.4. The smallest absolute Gasteiger partial charge is 0.273 e. The lowest BCUT2D eigenvalue weighted by Gasteiger charge is -2.23. The molecule has 0 aliphatic carbocycles. The molecule has 110 valence electrons. The zero-order valence-electron chi connectivity index (χ0n) is 11.6. The molecule has 1 aromatic heterocycles. The Labute approximate surface area is 122 Å². The highest BCUT2D eigenvalue weighted by molar-refractivity contribution is 7.91. The van der Waals surface area contributed by atoms with Gasteiger partial charge in [-0.1, -0.05) is 18.2 Å². The van der Waals surface area contributed by atoms with Gasteiger partial charge in [-0.05, 0) is 12.5 Å². The number of para-hydroxylation sites is 1. The van der Waals surface area contributed by atoms with E-state index in [0.29, 0.717) is 23.0 Å². The van der Waals surface area contributed by atoms with Crippen LogP contribution in [0.3, 0.4) is 0 Å². The quantitative estimate of drug-likeness (QED) is 0.823. The topological polar surface area (TPSA) is 80.2 Å². The Morgan fingerprint density at radius 1 is 1.29 bits per heavy atom. The average molecular weight is 305 g/mol. The van der Waals surface area contributed by atoms with Crippen molar-refractivity contribution >= 4 is 26.6 Å². The summed E-state index contributed by atoms with van der Waals surface area (Å²) in [7, 11) is -1.40. The fourth-order valence-electron chi connectivity index (χ4n) is 2.59. The Kier molecular flexibility index (Phi) is 3.36. The highest BCUT2D eigenvalue weighted by Gasteiger charge is 2.33. The van der Waals surface area contributed by atoms with Crippen molar-refractivity contribution in [3.8, 4) is 0 Å². The van der Waals surface area contributed by atoms with Crippen molar-refractivity contribution in [2.45, 2.75) is 12.5 Å². The SMILES string of the molecule is CN(C(=O)c1ncnc2ccccc12)C1CCS(=O)(=O)C1. The summed E-state index contributed by atoms with van der Waals surface area (Å²) < 4.78 is 23.1. The second kappa shape index (κ2) is 5.07. The molecule has 1 aromatic carbocycles. The molecule has 3 rings (SSSR count). The maximum Gasteiger partial charge on any atom is 0.273 e. The largest absolute Gasteiger partial charge is 0.336 e. The van der Waals surface area contributed by atoms with Crippen molar-refractivity contribution in [3.05, 3.63) is 36.3 Å². The Balaban J connectivity index is 1.94. The molecule has 1 aliphatic heterocycles. The van der Waals surface area contributed by atoms with Crippen molar-refractivity contribution in [1.29, 1.82) is 0 Å². The molecule has 2 heterocycles. The number of fused-ring (bicyclic) bond motifs is 1. The molecule has 1 saturated heterocycles. The lowest BCUT2D eigenvalue weighted by molar-refractivity contribution is 0.0744. The van der Waals surface area contributed by atoms with Crippen molar-refractivity contribution in [2.24, 2.45) is 0 Å². The highest BCUT2D eigenvalue weighted by atomic mass is 32.2. The van der Waals surface area contributed by atoms with Crippen LogP contribution in [0.25, 0.3) is 10.9 Å². The van der Waals surface area contributed by atoms with Crippen molar-refractivity contribution < 1.29 is 13.2 Å². The van der Waals surface area contributed by atoms with Crippen LogP contribution in [0.5, 0.6) is 0 Å². The van der Waals surface area contributed by atoms with Crippen LogP contribution in [0.2, 0.25) is 0 Å². The van der Waals surface area contributed by atoms with Gasteiger partial charge in [-0.15, -0.1) is 0 Å². The summed E-state index contributed by atoms with van der Waals surface area (Å²) in [5, 5.41) is 0.678. The molecule has 1 aliphatic rings. The first-order valence-electron chi connectivity index (χ1n) is 6.65. The van der Waals surface area contributed by atoms with Gasteiger partial charge in [-0.25, -0.2) is 18.4 Å². The van der Waals surface area contributed by atoms with Gasteiger partial charge in [0.2, 0.25) is 0 Å². The molecular formula is C14H15N3O3S. The van der Waals surface area contributed by atoms with E-state index in [4.69, 9.17) is 0 Å². The van der Waals surface area contributed by atoms with Crippen LogP contribution in [-0.2, 0) is 9.84 Å². The fraction of sp³-hybridized carbons (Fsp3) is 0.357. The molecule has 7 heteroatoms. The van der Waals surface area contributed by atoms with E-state index >= 15 is 0 Å². The molecule has 0 radical (unpaired) electrons. The summed E-state index contributed by atoms with van der Waals surface area (Å²) in [4.78, 5) is 22.3. The average Bonchev–Trinajstić information content (AvgIpc) is 2.85. The normalized spacial score (nSPS) is 20.5. The van der Waals surface area contributed by atoms with Crippen LogP contribution >= 0.6 is 0 Å². The number of hydrogen-bond donors (Lipinski definition) is 0. The molecule has 2 aromatic rings. The van der Waals surface area contributed by atoms with Gasteiger partial charge in [0.05, 0.1) is 17.0 Å². The molecule has 1 fully saturated rings. The van der Waals surface area contributed by atoms with Crippen LogP contribution in [0.15, 0.2) is 30.6 Å². The van der Waals surface area contributed by atoms with Gasteiger partial charge >= 0.3 is 0 Å². The van der Waals surface area contributed by atoms with Crippen LogP contribution in [-0.4, -0.2) is 53.8 Å². The lowest BCUT2D eigenvalue weighted by Crippen LogP contribution is -2.38. The predicted molar refractivity (Wildman–Crippen MR) is 78.7 cm³/mol. The van der Waals surface area contributed by atoms with E-state index in [1.165, 1.54) is 11.2 Å².